The molecular formula is C12H20N6O2. The van der Waals surface area contributed by atoms with Crippen molar-refractivity contribution in [3.63, 3.8) is 0 Å². The van der Waals surface area contributed by atoms with E-state index < -0.39 is 4.92 Å². The Morgan fingerprint density at radius 1 is 1.55 bits per heavy atom. The second kappa shape index (κ2) is 6.00. The van der Waals surface area contributed by atoms with Gasteiger partial charge < -0.3 is 15.5 Å². The van der Waals surface area contributed by atoms with Crippen LogP contribution in [0, 0.1) is 16.0 Å². The van der Waals surface area contributed by atoms with Crippen LogP contribution in [0.15, 0.2) is 6.20 Å². The van der Waals surface area contributed by atoms with Gasteiger partial charge in [0.15, 0.2) is 0 Å². The molecule has 0 amide bonds. The highest BCUT2D eigenvalue weighted by atomic mass is 16.6. The van der Waals surface area contributed by atoms with Gasteiger partial charge in [-0.05, 0) is 38.9 Å². The number of anilines is 2. The topological polar surface area (TPSA) is 101 Å². The van der Waals surface area contributed by atoms with Crippen LogP contribution < -0.4 is 10.6 Å². The predicted molar refractivity (Wildman–Crippen MR) is 76.6 cm³/mol. The Morgan fingerprint density at radius 2 is 2.20 bits per heavy atom. The van der Waals surface area contributed by atoms with Crippen LogP contribution >= 0.6 is 0 Å². The lowest BCUT2D eigenvalue weighted by Gasteiger charge is -2.31. The molecule has 1 aromatic heterocycles. The van der Waals surface area contributed by atoms with Crippen LogP contribution in [0.3, 0.4) is 0 Å². The van der Waals surface area contributed by atoms with Crippen LogP contribution in [0.4, 0.5) is 17.5 Å². The molecule has 8 nitrogen and oxygen atoms in total. The van der Waals surface area contributed by atoms with Gasteiger partial charge in [0.1, 0.15) is 6.20 Å². The van der Waals surface area contributed by atoms with E-state index in [9.17, 15) is 10.1 Å². The molecule has 0 aromatic carbocycles. The van der Waals surface area contributed by atoms with Crippen molar-refractivity contribution in [2.24, 2.45) is 5.92 Å². The van der Waals surface area contributed by atoms with E-state index in [1.165, 1.54) is 6.20 Å². The highest BCUT2D eigenvalue weighted by Crippen LogP contribution is 2.26. The fourth-order valence-electron chi connectivity index (χ4n) is 2.51. The van der Waals surface area contributed by atoms with E-state index in [1.54, 1.807) is 0 Å². The van der Waals surface area contributed by atoms with E-state index >= 15 is 0 Å². The van der Waals surface area contributed by atoms with Crippen molar-refractivity contribution in [3.05, 3.63) is 16.3 Å². The molecule has 1 aliphatic heterocycles. The number of piperidine rings is 1. The molecule has 20 heavy (non-hydrogen) atoms. The molecule has 0 unspecified atom stereocenters. The Morgan fingerprint density at radius 3 is 2.80 bits per heavy atom. The standard InChI is InChI=1S/C12H20N6O2/c1-16-5-3-9(4-6-16)8-17(2)11-10(18(19)20)7-14-12(13)15-11/h7,9H,3-6,8H2,1-2H3,(H2,13,14,15). The molecule has 0 bridgehead atoms. The smallest absolute Gasteiger partial charge is 0.329 e. The normalized spacial score (nSPS) is 17.1. The number of nitrogen functional groups attached to an aromatic ring is 1. The Hall–Kier alpha value is -1.96. The third-order valence-corrected chi connectivity index (χ3v) is 3.70. The van der Waals surface area contributed by atoms with Gasteiger partial charge in [0, 0.05) is 13.6 Å². The number of likely N-dealkylation sites (tertiary alicyclic amines) is 1. The van der Waals surface area contributed by atoms with E-state index in [-0.39, 0.29) is 11.6 Å². The second-order valence-corrected chi connectivity index (χ2v) is 5.32. The molecule has 1 aromatic rings. The van der Waals surface area contributed by atoms with Crippen LogP contribution in [0.5, 0.6) is 0 Å². The van der Waals surface area contributed by atoms with Crippen LogP contribution in [0.25, 0.3) is 0 Å². The van der Waals surface area contributed by atoms with Crippen LogP contribution in [0.2, 0.25) is 0 Å². The number of aromatic nitrogens is 2. The van der Waals surface area contributed by atoms with Crippen LogP contribution in [-0.4, -0.2) is 53.5 Å². The molecule has 0 atom stereocenters. The summed E-state index contributed by atoms with van der Waals surface area (Å²) in [5, 5.41) is 11.0. The molecule has 1 saturated heterocycles. The van der Waals surface area contributed by atoms with Gasteiger partial charge in [-0.2, -0.15) is 4.98 Å². The first-order chi connectivity index (χ1) is 9.47. The van der Waals surface area contributed by atoms with Crippen molar-refractivity contribution in [1.82, 2.24) is 14.9 Å². The van der Waals surface area contributed by atoms with Crippen LogP contribution in [0.1, 0.15) is 12.8 Å². The Labute approximate surface area is 117 Å². The summed E-state index contributed by atoms with van der Waals surface area (Å²) in [6.07, 6.45) is 3.35. The minimum Gasteiger partial charge on any atom is -0.368 e. The van der Waals surface area contributed by atoms with Crippen molar-refractivity contribution in [2.75, 3.05) is 44.4 Å². The molecule has 2 heterocycles. The molecule has 0 aliphatic carbocycles. The van der Waals surface area contributed by atoms with Gasteiger partial charge in [-0.1, -0.05) is 0 Å². The molecule has 8 heteroatoms. The summed E-state index contributed by atoms with van der Waals surface area (Å²) in [4.78, 5) is 22.4. The lowest BCUT2D eigenvalue weighted by atomic mass is 9.97. The third kappa shape index (κ3) is 3.32. The van der Waals surface area contributed by atoms with Crippen LogP contribution in [-0.2, 0) is 0 Å². The lowest BCUT2D eigenvalue weighted by molar-refractivity contribution is -0.384. The van der Waals surface area contributed by atoms with E-state index in [2.05, 4.69) is 21.9 Å². The maximum atomic E-state index is 11.0. The molecule has 110 valence electrons. The Bertz CT molecular complexity index is 487. The quantitative estimate of drug-likeness (QED) is 0.641. The van der Waals surface area contributed by atoms with E-state index in [0.717, 1.165) is 32.5 Å². The van der Waals surface area contributed by atoms with Crippen molar-refractivity contribution >= 4 is 17.5 Å². The Balaban J connectivity index is 2.10. The average Bonchev–Trinajstić information content (AvgIpc) is 2.41. The van der Waals surface area contributed by atoms with E-state index in [1.807, 2.05) is 11.9 Å². The summed E-state index contributed by atoms with van der Waals surface area (Å²) < 4.78 is 0. The number of rotatable bonds is 4. The SMILES string of the molecule is CN1CCC(CN(C)c2nc(N)ncc2[N+](=O)[O-])CC1. The first-order valence-electron chi connectivity index (χ1n) is 6.64. The minimum atomic E-state index is -0.472. The van der Waals surface area contributed by atoms with Gasteiger partial charge in [0.25, 0.3) is 0 Å². The fraction of sp³-hybridized carbons (Fsp3) is 0.667. The van der Waals surface area contributed by atoms with Gasteiger partial charge >= 0.3 is 5.69 Å². The molecule has 0 radical (unpaired) electrons. The number of nitro groups is 1. The highest BCUT2D eigenvalue weighted by Gasteiger charge is 2.24. The zero-order valence-corrected chi connectivity index (χ0v) is 11.8. The van der Waals surface area contributed by atoms with Gasteiger partial charge in [-0.25, -0.2) is 4.98 Å². The predicted octanol–water partition coefficient (Wildman–Crippen LogP) is 0.745. The van der Waals surface area contributed by atoms with Crippen molar-refractivity contribution < 1.29 is 4.92 Å². The summed E-state index contributed by atoms with van der Waals surface area (Å²) in [7, 11) is 3.92. The Kier molecular flexibility index (Phi) is 4.33. The number of nitrogens with zero attached hydrogens (tertiary/aromatic N) is 5. The molecule has 2 N–H and O–H groups in total. The zero-order chi connectivity index (χ0) is 14.7. The van der Waals surface area contributed by atoms with E-state index in [4.69, 9.17) is 5.73 Å². The van der Waals surface area contributed by atoms with E-state index in [0.29, 0.717) is 11.7 Å². The first kappa shape index (κ1) is 14.4. The maximum absolute atomic E-state index is 11.0. The summed E-state index contributed by atoms with van der Waals surface area (Å²) in [6, 6.07) is 0. The summed E-state index contributed by atoms with van der Waals surface area (Å²) >= 11 is 0. The molecular weight excluding hydrogens is 260 g/mol. The highest BCUT2D eigenvalue weighted by molar-refractivity contribution is 5.57. The van der Waals surface area contributed by atoms with Crippen molar-refractivity contribution in [2.45, 2.75) is 12.8 Å². The third-order valence-electron chi connectivity index (χ3n) is 3.70. The largest absolute Gasteiger partial charge is 0.368 e. The molecule has 0 spiro atoms. The maximum Gasteiger partial charge on any atom is 0.329 e. The molecule has 2 rings (SSSR count). The number of hydrogen-bond acceptors (Lipinski definition) is 7. The van der Waals surface area contributed by atoms with Crippen molar-refractivity contribution in [3.8, 4) is 0 Å². The monoisotopic (exact) mass is 280 g/mol. The van der Waals surface area contributed by atoms with Gasteiger partial charge in [-0.15, -0.1) is 0 Å². The molecule has 1 aliphatic rings. The summed E-state index contributed by atoms with van der Waals surface area (Å²) in [5.74, 6) is 0.870. The minimum absolute atomic E-state index is 0.0563. The van der Waals surface area contributed by atoms with Gasteiger partial charge in [-0.3, -0.25) is 10.1 Å². The number of nitrogens with two attached hydrogens (primary N) is 1. The first-order valence-corrected chi connectivity index (χ1v) is 6.64. The number of hydrogen-bond donors (Lipinski definition) is 1. The van der Waals surface area contributed by atoms with Gasteiger partial charge in [0.05, 0.1) is 4.92 Å². The molecule has 1 fully saturated rings. The second-order valence-electron chi connectivity index (χ2n) is 5.32. The van der Waals surface area contributed by atoms with Gasteiger partial charge in [0.2, 0.25) is 11.8 Å². The zero-order valence-electron chi connectivity index (χ0n) is 11.8. The summed E-state index contributed by atoms with van der Waals surface area (Å²) in [5.41, 5.74) is 5.44. The average molecular weight is 280 g/mol. The van der Waals surface area contributed by atoms with Crippen molar-refractivity contribution in [1.29, 1.82) is 0 Å². The lowest BCUT2D eigenvalue weighted by Crippen LogP contribution is -2.36. The molecule has 0 saturated carbocycles. The fourth-order valence-corrected chi connectivity index (χ4v) is 2.51. The summed E-state index contributed by atoms with van der Waals surface area (Å²) in [6.45, 7) is 2.87.